The fourth-order valence-corrected chi connectivity index (χ4v) is 3.75. The Labute approximate surface area is 157 Å². The second kappa shape index (κ2) is 7.53. The summed E-state index contributed by atoms with van der Waals surface area (Å²) in [6.07, 6.45) is 3.25. The summed E-state index contributed by atoms with van der Waals surface area (Å²) in [7, 11) is 0. The number of aromatic nitrogens is 1. The Balaban J connectivity index is 1.44. The van der Waals surface area contributed by atoms with E-state index in [4.69, 9.17) is 4.74 Å². The maximum atomic E-state index is 14.9. The molecule has 4 rings (SSSR count). The van der Waals surface area contributed by atoms with E-state index in [1.54, 1.807) is 25.3 Å². The van der Waals surface area contributed by atoms with E-state index in [2.05, 4.69) is 34.1 Å². The van der Waals surface area contributed by atoms with Crippen LogP contribution in [0.1, 0.15) is 24.0 Å². The highest BCUT2D eigenvalue weighted by Gasteiger charge is 2.22. The molecule has 1 aliphatic rings. The first kappa shape index (κ1) is 17.7. The number of rotatable bonds is 4. The topological polar surface area (TPSA) is 45.3 Å². The molecule has 2 aromatic carbocycles. The Morgan fingerprint density at radius 1 is 1.15 bits per heavy atom. The molecule has 0 atom stereocenters. The third-order valence-electron chi connectivity index (χ3n) is 5.24. The van der Waals surface area contributed by atoms with Gasteiger partial charge in [-0.3, -0.25) is 9.69 Å². The van der Waals surface area contributed by atoms with Crippen LogP contribution in [0.15, 0.2) is 53.5 Å². The molecule has 0 bridgehead atoms. The van der Waals surface area contributed by atoms with Crippen molar-refractivity contribution in [1.82, 2.24) is 9.88 Å². The van der Waals surface area contributed by atoms with Crippen LogP contribution in [0, 0.1) is 12.7 Å². The molecular formula is C22H23FN2O2. The molecule has 0 aliphatic carbocycles. The van der Waals surface area contributed by atoms with Crippen LogP contribution in [0.5, 0.6) is 5.75 Å². The monoisotopic (exact) mass is 366 g/mol. The van der Waals surface area contributed by atoms with Gasteiger partial charge < -0.3 is 9.72 Å². The summed E-state index contributed by atoms with van der Waals surface area (Å²) in [5.74, 6) is -0.208. The second-order valence-electron chi connectivity index (χ2n) is 7.18. The molecule has 5 heteroatoms. The van der Waals surface area contributed by atoms with E-state index in [9.17, 15) is 9.18 Å². The number of ether oxygens (including phenoxy) is 1. The van der Waals surface area contributed by atoms with Gasteiger partial charge in [-0.05, 0) is 43.0 Å². The average Bonchev–Trinajstić information content (AvgIpc) is 2.69. The highest BCUT2D eigenvalue weighted by molar-refractivity contribution is 5.86. The summed E-state index contributed by atoms with van der Waals surface area (Å²) >= 11 is 0. The molecule has 0 saturated carbocycles. The Kier molecular flexibility index (Phi) is 4.94. The number of aromatic amines is 1. The van der Waals surface area contributed by atoms with Crippen LogP contribution >= 0.6 is 0 Å². The van der Waals surface area contributed by atoms with Crippen LogP contribution in [0.25, 0.3) is 10.8 Å². The molecule has 3 aromatic rings. The number of nitrogens with zero attached hydrogens (tertiary/aromatic N) is 1. The smallest absolute Gasteiger partial charge is 0.255 e. The summed E-state index contributed by atoms with van der Waals surface area (Å²) < 4.78 is 20.9. The van der Waals surface area contributed by atoms with Crippen molar-refractivity contribution in [2.45, 2.75) is 32.4 Å². The summed E-state index contributed by atoms with van der Waals surface area (Å²) in [4.78, 5) is 16.9. The zero-order valence-corrected chi connectivity index (χ0v) is 15.4. The SMILES string of the molecule is Cc1c[nH]c(=O)c2ccc(OC3CCN(Cc4ccccc4)CC3)c(F)c12. The predicted molar refractivity (Wildman–Crippen MR) is 105 cm³/mol. The van der Waals surface area contributed by atoms with Gasteiger partial charge in [-0.2, -0.15) is 0 Å². The largest absolute Gasteiger partial charge is 0.487 e. The van der Waals surface area contributed by atoms with E-state index >= 15 is 0 Å². The highest BCUT2D eigenvalue weighted by Crippen LogP contribution is 2.29. The predicted octanol–water partition coefficient (Wildman–Crippen LogP) is 4.02. The molecule has 0 amide bonds. The van der Waals surface area contributed by atoms with E-state index in [0.29, 0.717) is 16.3 Å². The molecule has 140 valence electrons. The zero-order chi connectivity index (χ0) is 18.8. The van der Waals surface area contributed by atoms with Gasteiger partial charge in [0.05, 0.1) is 5.39 Å². The molecule has 0 unspecified atom stereocenters. The number of hydrogen-bond acceptors (Lipinski definition) is 3. The zero-order valence-electron chi connectivity index (χ0n) is 15.4. The number of nitrogens with one attached hydrogen (secondary N) is 1. The number of fused-ring (bicyclic) bond motifs is 1. The van der Waals surface area contributed by atoms with Gasteiger partial charge in [0.2, 0.25) is 0 Å². The number of halogens is 1. The Hall–Kier alpha value is -2.66. The molecular weight excluding hydrogens is 343 g/mol. The number of hydrogen-bond donors (Lipinski definition) is 1. The first-order chi connectivity index (χ1) is 13.1. The van der Waals surface area contributed by atoms with E-state index in [1.165, 1.54) is 5.56 Å². The maximum absolute atomic E-state index is 14.9. The summed E-state index contributed by atoms with van der Waals surface area (Å²) in [6.45, 7) is 4.56. The van der Waals surface area contributed by atoms with Crippen molar-refractivity contribution in [2.75, 3.05) is 13.1 Å². The van der Waals surface area contributed by atoms with Gasteiger partial charge in [0.1, 0.15) is 6.10 Å². The lowest BCUT2D eigenvalue weighted by Crippen LogP contribution is -2.37. The lowest BCUT2D eigenvalue weighted by molar-refractivity contribution is 0.0938. The van der Waals surface area contributed by atoms with Crippen LogP contribution in [0.3, 0.4) is 0 Å². The molecule has 0 spiro atoms. The average molecular weight is 366 g/mol. The molecule has 2 heterocycles. The Morgan fingerprint density at radius 3 is 2.63 bits per heavy atom. The van der Waals surface area contributed by atoms with Crippen molar-refractivity contribution in [2.24, 2.45) is 0 Å². The standard InChI is InChI=1S/C22H23FN2O2/c1-15-13-24-22(26)18-7-8-19(21(23)20(15)18)27-17-9-11-25(12-10-17)14-16-5-3-2-4-6-16/h2-8,13,17H,9-12,14H2,1H3,(H,24,26). The Bertz CT molecular complexity index is 992. The van der Waals surface area contributed by atoms with E-state index in [-0.39, 0.29) is 17.4 Å². The third-order valence-corrected chi connectivity index (χ3v) is 5.24. The van der Waals surface area contributed by atoms with Crippen molar-refractivity contribution in [3.63, 3.8) is 0 Å². The summed E-state index contributed by atoms with van der Waals surface area (Å²) in [6, 6.07) is 13.6. The van der Waals surface area contributed by atoms with E-state index in [0.717, 1.165) is 32.5 Å². The van der Waals surface area contributed by atoms with Crippen LogP contribution in [-0.4, -0.2) is 29.1 Å². The fraction of sp³-hybridized carbons (Fsp3) is 0.318. The number of aryl methyl sites for hydroxylation is 1. The van der Waals surface area contributed by atoms with E-state index < -0.39 is 5.82 Å². The first-order valence-corrected chi connectivity index (χ1v) is 9.35. The molecule has 0 radical (unpaired) electrons. The van der Waals surface area contributed by atoms with Crippen molar-refractivity contribution in [1.29, 1.82) is 0 Å². The van der Waals surface area contributed by atoms with Gasteiger partial charge in [0.15, 0.2) is 11.6 Å². The Morgan fingerprint density at radius 2 is 1.89 bits per heavy atom. The van der Waals surface area contributed by atoms with Gasteiger partial charge in [0.25, 0.3) is 5.56 Å². The van der Waals surface area contributed by atoms with Crippen LogP contribution in [0.4, 0.5) is 4.39 Å². The van der Waals surface area contributed by atoms with Crippen LogP contribution in [-0.2, 0) is 6.54 Å². The first-order valence-electron chi connectivity index (χ1n) is 9.35. The molecule has 1 N–H and O–H groups in total. The van der Waals surface area contributed by atoms with Gasteiger partial charge >= 0.3 is 0 Å². The number of likely N-dealkylation sites (tertiary alicyclic amines) is 1. The van der Waals surface area contributed by atoms with E-state index in [1.807, 2.05) is 6.07 Å². The molecule has 1 fully saturated rings. The maximum Gasteiger partial charge on any atom is 0.255 e. The van der Waals surface area contributed by atoms with Crippen molar-refractivity contribution in [3.05, 3.63) is 76.0 Å². The number of piperidine rings is 1. The molecule has 4 nitrogen and oxygen atoms in total. The van der Waals surface area contributed by atoms with Crippen molar-refractivity contribution in [3.8, 4) is 5.75 Å². The van der Waals surface area contributed by atoms with Gasteiger partial charge in [-0.15, -0.1) is 0 Å². The normalized spacial score (nSPS) is 15.9. The van der Waals surface area contributed by atoms with Crippen molar-refractivity contribution < 1.29 is 9.13 Å². The lowest BCUT2D eigenvalue weighted by Gasteiger charge is -2.32. The number of benzene rings is 2. The second-order valence-corrected chi connectivity index (χ2v) is 7.18. The molecule has 27 heavy (non-hydrogen) atoms. The number of H-pyrrole nitrogens is 1. The molecule has 1 saturated heterocycles. The third kappa shape index (κ3) is 3.74. The molecule has 1 aromatic heterocycles. The minimum Gasteiger partial charge on any atom is -0.487 e. The van der Waals surface area contributed by atoms with Crippen LogP contribution < -0.4 is 10.3 Å². The minimum atomic E-state index is -0.442. The minimum absolute atomic E-state index is 0.00808. The van der Waals surface area contributed by atoms with Crippen LogP contribution in [0.2, 0.25) is 0 Å². The summed E-state index contributed by atoms with van der Waals surface area (Å²) in [5.41, 5.74) is 1.72. The molecule has 1 aliphatic heterocycles. The van der Waals surface area contributed by atoms with Gasteiger partial charge in [0, 0.05) is 31.2 Å². The summed E-state index contributed by atoms with van der Waals surface area (Å²) in [5, 5.41) is 0.704. The quantitative estimate of drug-likeness (QED) is 0.759. The lowest BCUT2D eigenvalue weighted by atomic mass is 10.1. The van der Waals surface area contributed by atoms with Crippen molar-refractivity contribution >= 4 is 10.8 Å². The highest BCUT2D eigenvalue weighted by atomic mass is 19.1. The van der Waals surface area contributed by atoms with Gasteiger partial charge in [-0.1, -0.05) is 30.3 Å². The number of pyridine rings is 1. The fourth-order valence-electron chi connectivity index (χ4n) is 3.75. The van der Waals surface area contributed by atoms with Gasteiger partial charge in [-0.25, -0.2) is 4.39 Å².